The Hall–Kier alpha value is -9.32. The van der Waals surface area contributed by atoms with Gasteiger partial charge in [0.15, 0.2) is 5.82 Å². The van der Waals surface area contributed by atoms with Gasteiger partial charge in [-0.1, -0.05) is 169 Å². The Morgan fingerprint density at radius 2 is 0.648 bits per heavy atom. The molecule has 71 heavy (non-hydrogen) atoms. The molecule has 0 aliphatic carbocycles. The summed E-state index contributed by atoms with van der Waals surface area (Å²) in [4.78, 5) is 14.8. The average Bonchev–Trinajstić information content (AvgIpc) is 3.76. The summed E-state index contributed by atoms with van der Waals surface area (Å²) in [7, 11) is 0. The van der Waals surface area contributed by atoms with Gasteiger partial charge in [-0.2, -0.15) is 0 Å². The maximum absolute atomic E-state index is 5.07. The predicted octanol–water partition coefficient (Wildman–Crippen LogP) is 17.8. The van der Waals surface area contributed by atoms with E-state index in [4.69, 9.17) is 9.97 Å². The van der Waals surface area contributed by atoms with Crippen LogP contribution >= 0.6 is 0 Å². The highest BCUT2D eigenvalue weighted by Gasteiger charge is 2.21. The standard InChI is InChI=1S/C66H49N5/c1-46-23-33-55(34-24-46)70(56-35-25-47(2)26-36-56)59-40-42-65-61(44-59)60-43-58(69(53-19-11-5-12-20-53)54-21-13-6-14-22-54)39-41-64(60)71(65)57-37-31-49(32-38-57)48-27-29-51(30-28-48)63-45-62(50-15-7-3-8-16-50)67-66(68-63)52-17-9-4-10-18-52/h3-45H,1-2H3. The summed E-state index contributed by atoms with van der Waals surface area (Å²) in [5, 5.41) is 2.33. The molecule has 10 aromatic carbocycles. The smallest absolute Gasteiger partial charge is 0.160 e. The fraction of sp³-hybridized carbons (Fsp3) is 0.0303. The van der Waals surface area contributed by atoms with E-state index in [9.17, 15) is 0 Å². The molecule has 2 aromatic heterocycles. The summed E-state index contributed by atoms with van der Waals surface area (Å²) >= 11 is 0. The molecule has 0 saturated heterocycles. The molecular weight excluding hydrogens is 863 g/mol. The Morgan fingerprint density at radius 1 is 0.296 bits per heavy atom. The average molecular weight is 912 g/mol. The topological polar surface area (TPSA) is 37.2 Å². The number of para-hydroxylation sites is 2. The van der Waals surface area contributed by atoms with Crippen LogP contribution < -0.4 is 9.80 Å². The number of rotatable bonds is 11. The minimum Gasteiger partial charge on any atom is -0.310 e. The second-order valence-electron chi connectivity index (χ2n) is 18.1. The summed E-state index contributed by atoms with van der Waals surface area (Å²) < 4.78 is 2.41. The molecule has 0 bridgehead atoms. The molecule has 12 rings (SSSR count). The second kappa shape index (κ2) is 18.6. The Balaban J connectivity index is 0.959. The number of benzene rings is 10. The molecule has 5 nitrogen and oxygen atoms in total. The van der Waals surface area contributed by atoms with Crippen LogP contribution in [0.2, 0.25) is 0 Å². The van der Waals surface area contributed by atoms with Crippen molar-refractivity contribution in [3.05, 3.63) is 272 Å². The molecule has 0 fully saturated rings. The molecule has 0 atom stereocenters. The van der Waals surface area contributed by atoms with Gasteiger partial charge in [0.05, 0.1) is 22.4 Å². The Kier molecular flexibility index (Phi) is 11.3. The van der Waals surface area contributed by atoms with Crippen molar-refractivity contribution in [3.8, 4) is 50.7 Å². The number of hydrogen-bond acceptors (Lipinski definition) is 4. The fourth-order valence-corrected chi connectivity index (χ4v) is 9.70. The number of aromatic nitrogens is 3. The lowest BCUT2D eigenvalue weighted by atomic mass is 10.0. The molecule has 12 aromatic rings. The molecule has 0 aliphatic rings. The molecular formula is C66H49N5. The molecule has 338 valence electrons. The molecule has 0 radical (unpaired) electrons. The highest BCUT2D eigenvalue weighted by molar-refractivity contribution is 6.12. The third-order valence-corrected chi connectivity index (χ3v) is 13.3. The van der Waals surface area contributed by atoms with Gasteiger partial charge in [0.25, 0.3) is 0 Å². The fourth-order valence-electron chi connectivity index (χ4n) is 9.70. The third-order valence-electron chi connectivity index (χ3n) is 13.3. The van der Waals surface area contributed by atoms with Crippen molar-refractivity contribution in [2.24, 2.45) is 0 Å². The zero-order valence-corrected chi connectivity index (χ0v) is 39.6. The Bertz CT molecular complexity index is 3630. The SMILES string of the molecule is Cc1ccc(N(c2ccc(C)cc2)c2ccc3c(c2)c2cc(N(c4ccccc4)c4ccccc4)ccc2n3-c2ccc(-c3ccc(-c4cc(-c5ccccc5)nc(-c5ccccc5)n4)cc3)cc2)cc1. The third kappa shape index (κ3) is 8.51. The highest BCUT2D eigenvalue weighted by Crippen LogP contribution is 2.43. The molecule has 0 N–H and O–H groups in total. The summed E-state index contributed by atoms with van der Waals surface area (Å²) in [6.45, 7) is 4.28. The largest absolute Gasteiger partial charge is 0.310 e. The van der Waals surface area contributed by atoms with Crippen LogP contribution in [0.3, 0.4) is 0 Å². The van der Waals surface area contributed by atoms with Crippen molar-refractivity contribution in [2.75, 3.05) is 9.80 Å². The van der Waals surface area contributed by atoms with Gasteiger partial charge >= 0.3 is 0 Å². The number of fused-ring (bicyclic) bond motifs is 3. The van der Waals surface area contributed by atoms with E-state index in [-0.39, 0.29) is 0 Å². The van der Waals surface area contributed by atoms with Crippen molar-refractivity contribution in [3.63, 3.8) is 0 Å². The maximum atomic E-state index is 5.07. The Morgan fingerprint density at radius 3 is 1.10 bits per heavy atom. The van der Waals surface area contributed by atoms with E-state index in [0.717, 1.165) is 90.1 Å². The van der Waals surface area contributed by atoms with E-state index in [2.05, 4.69) is 253 Å². The van der Waals surface area contributed by atoms with Crippen molar-refractivity contribution in [2.45, 2.75) is 13.8 Å². The van der Waals surface area contributed by atoms with E-state index in [1.54, 1.807) is 0 Å². The van der Waals surface area contributed by atoms with E-state index < -0.39 is 0 Å². The van der Waals surface area contributed by atoms with Crippen molar-refractivity contribution < 1.29 is 0 Å². The molecule has 0 spiro atoms. The number of anilines is 6. The van der Waals surface area contributed by atoms with Gasteiger partial charge in [-0.3, -0.25) is 0 Å². The van der Waals surface area contributed by atoms with Crippen LogP contribution in [0.25, 0.3) is 72.5 Å². The van der Waals surface area contributed by atoms with E-state index >= 15 is 0 Å². The van der Waals surface area contributed by atoms with Gasteiger partial charge in [-0.05, 0) is 128 Å². The van der Waals surface area contributed by atoms with Gasteiger partial charge < -0.3 is 14.4 Å². The van der Waals surface area contributed by atoms with Crippen molar-refractivity contribution >= 4 is 55.9 Å². The first-order valence-electron chi connectivity index (χ1n) is 24.1. The second-order valence-corrected chi connectivity index (χ2v) is 18.1. The highest BCUT2D eigenvalue weighted by atomic mass is 15.1. The summed E-state index contributed by atoms with van der Waals surface area (Å²) in [5.41, 5.74) is 19.5. The molecule has 5 heteroatoms. The van der Waals surface area contributed by atoms with Crippen LogP contribution in [0.1, 0.15) is 11.1 Å². The normalized spacial score (nSPS) is 11.2. The molecule has 0 aliphatic heterocycles. The van der Waals surface area contributed by atoms with Crippen LogP contribution in [0.4, 0.5) is 34.1 Å². The monoisotopic (exact) mass is 911 g/mol. The number of hydrogen-bond donors (Lipinski definition) is 0. The Labute approximate surface area is 414 Å². The van der Waals surface area contributed by atoms with Crippen LogP contribution in [0.15, 0.2) is 261 Å². The minimum atomic E-state index is 0.707. The first kappa shape index (κ1) is 43.0. The summed E-state index contributed by atoms with van der Waals surface area (Å²) in [6, 6.07) is 93.0. The van der Waals surface area contributed by atoms with Crippen LogP contribution in [0.5, 0.6) is 0 Å². The molecule has 0 amide bonds. The first-order chi connectivity index (χ1) is 35.0. The van der Waals surface area contributed by atoms with E-state index in [1.165, 1.54) is 21.9 Å². The number of nitrogens with zero attached hydrogens (tertiary/aromatic N) is 5. The van der Waals surface area contributed by atoms with Crippen molar-refractivity contribution in [1.82, 2.24) is 14.5 Å². The van der Waals surface area contributed by atoms with E-state index in [1.807, 2.05) is 36.4 Å². The number of aryl methyl sites for hydroxylation is 2. The van der Waals surface area contributed by atoms with Gasteiger partial charge in [0.1, 0.15) is 0 Å². The zero-order valence-electron chi connectivity index (χ0n) is 39.6. The summed E-state index contributed by atoms with van der Waals surface area (Å²) in [6.07, 6.45) is 0. The van der Waals surface area contributed by atoms with Gasteiger partial charge in [0, 0.05) is 67.3 Å². The minimum absolute atomic E-state index is 0.707. The lowest BCUT2D eigenvalue weighted by Gasteiger charge is -2.26. The zero-order chi connectivity index (χ0) is 47.7. The molecule has 0 saturated carbocycles. The lowest BCUT2D eigenvalue weighted by molar-refractivity contribution is 1.18. The lowest BCUT2D eigenvalue weighted by Crippen LogP contribution is -2.10. The van der Waals surface area contributed by atoms with Crippen molar-refractivity contribution in [1.29, 1.82) is 0 Å². The quantitative estimate of drug-likeness (QED) is 0.130. The predicted molar refractivity (Wildman–Crippen MR) is 297 cm³/mol. The van der Waals surface area contributed by atoms with Gasteiger partial charge in [-0.15, -0.1) is 0 Å². The van der Waals surface area contributed by atoms with Crippen LogP contribution in [0, 0.1) is 13.8 Å². The van der Waals surface area contributed by atoms with E-state index in [0.29, 0.717) is 5.82 Å². The van der Waals surface area contributed by atoms with Crippen LogP contribution in [-0.4, -0.2) is 14.5 Å². The summed E-state index contributed by atoms with van der Waals surface area (Å²) in [5.74, 6) is 0.707. The van der Waals surface area contributed by atoms with Gasteiger partial charge in [-0.25, -0.2) is 9.97 Å². The van der Waals surface area contributed by atoms with Crippen LogP contribution in [-0.2, 0) is 0 Å². The molecule has 0 unspecified atom stereocenters. The maximum Gasteiger partial charge on any atom is 0.160 e. The first-order valence-corrected chi connectivity index (χ1v) is 24.1. The van der Waals surface area contributed by atoms with Gasteiger partial charge in [0.2, 0.25) is 0 Å². The molecule has 2 heterocycles.